The number of benzene rings is 1. The minimum atomic E-state index is -3.24. The lowest BCUT2D eigenvalue weighted by atomic mass is 10.1. The van der Waals surface area contributed by atoms with E-state index >= 15 is 0 Å². The maximum Gasteiger partial charge on any atom is 0.338 e. The number of carbonyl (C=O) groups is 1. The molecule has 0 saturated carbocycles. The minimum absolute atomic E-state index is 0.154. The third-order valence-corrected chi connectivity index (χ3v) is 4.70. The van der Waals surface area contributed by atoms with Crippen LogP contribution in [0.5, 0.6) is 0 Å². The molecular weight excluding hydrogens is 301 g/mol. The van der Waals surface area contributed by atoms with E-state index in [9.17, 15) is 17.6 Å². The van der Waals surface area contributed by atoms with Gasteiger partial charge in [-0.1, -0.05) is 0 Å². The van der Waals surface area contributed by atoms with Crippen molar-refractivity contribution in [3.8, 4) is 0 Å². The van der Waals surface area contributed by atoms with Gasteiger partial charge in [0.1, 0.15) is 5.82 Å². The van der Waals surface area contributed by atoms with Crippen LogP contribution in [0.25, 0.3) is 0 Å². The number of nitrogen functional groups attached to an aromatic ring is 1. The van der Waals surface area contributed by atoms with E-state index in [4.69, 9.17) is 10.8 Å². The average Bonchev–Trinajstić information content (AvgIpc) is 2.40. The Morgan fingerprint density at radius 2 is 1.86 bits per heavy atom. The molecule has 2 rings (SSSR count). The summed E-state index contributed by atoms with van der Waals surface area (Å²) in [6.07, 6.45) is 1.14. The highest BCUT2D eigenvalue weighted by atomic mass is 32.2. The van der Waals surface area contributed by atoms with Crippen LogP contribution >= 0.6 is 0 Å². The lowest BCUT2D eigenvalue weighted by molar-refractivity contribution is 0.0692. The van der Waals surface area contributed by atoms with Crippen LogP contribution in [0, 0.1) is 5.82 Å². The number of hydrogen-bond donors (Lipinski definition) is 2. The first-order valence-corrected chi connectivity index (χ1v) is 8.07. The molecule has 0 aromatic heterocycles. The Balaban J connectivity index is 2.21. The van der Waals surface area contributed by atoms with Crippen LogP contribution < -0.4 is 10.6 Å². The highest BCUT2D eigenvalue weighted by Crippen LogP contribution is 2.28. The van der Waals surface area contributed by atoms with Gasteiger partial charge in [-0.05, 0) is 6.07 Å². The average molecular weight is 317 g/mol. The second kappa shape index (κ2) is 5.49. The number of aromatic carboxylic acids is 1. The van der Waals surface area contributed by atoms with Crippen LogP contribution in [0.4, 0.5) is 15.8 Å². The normalized spacial score (nSPS) is 17.0. The molecule has 3 N–H and O–H groups in total. The van der Waals surface area contributed by atoms with Crippen molar-refractivity contribution in [1.82, 2.24) is 4.31 Å². The predicted octanol–water partition coefficient (Wildman–Crippen LogP) is 0.188. The fourth-order valence-corrected chi connectivity index (χ4v) is 3.10. The van der Waals surface area contributed by atoms with Gasteiger partial charge >= 0.3 is 5.97 Å². The van der Waals surface area contributed by atoms with Gasteiger partial charge in [-0.3, -0.25) is 0 Å². The highest BCUT2D eigenvalue weighted by molar-refractivity contribution is 7.88. The molecule has 0 amide bonds. The Hall–Kier alpha value is -1.87. The summed E-state index contributed by atoms with van der Waals surface area (Å²) in [5.74, 6) is -2.25. The minimum Gasteiger partial charge on any atom is -0.478 e. The number of carboxylic acids is 1. The second-order valence-electron chi connectivity index (χ2n) is 4.85. The lowest BCUT2D eigenvalue weighted by Gasteiger charge is -2.35. The van der Waals surface area contributed by atoms with Crippen molar-refractivity contribution in [3.63, 3.8) is 0 Å². The van der Waals surface area contributed by atoms with Gasteiger partial charge in [-0.25, -0.2) is 17.6 Å². The molecule has 0 spiro atoms. The molecule has 0 atom stereocenters. The summed E-state index contributed by atoms with van der Waals surface area (Å²) in [6, 6.07) is 2.16. The van der Waals surface area contributed by atoms with Crippen molar-refractivity contribution in [3.05, 3.63) is 23.5 Å². The zero-order valence-electron chi connectivity index (χ0n) is 11.4. The number of anilines is 2. The van der Waals surface area contributed by atoms with Crippen LogP contribution in [0.2, 0.25) is 0 Å². The van der Waals surface area contributed by atoms with Crippen LogP contribution in [0.1, 0.15) is 10.4 Å². The maximum absolute atomic E-state index is 13.7. The quantitative estimate of drug-likeness (QED) is 0.771. The van der Waals surface area contributed by atoms with Gasteiger partial charge in [0, 0.05) is 32.2 Å². The monoisotopic (exact) mass is 317 g/mol. The Morgan fingerprint density at radius 3 is 2.33 bits per heavy atom. The third kappa shape index (κ3) is 3.24. The van der Waals surface area contributed by atoms with Gasteiger partial charge in [0.05, 0.1) is 23.2 Å². The molecule has 0 radical (unpaired) electrons. The Morgan fingerprint density at radius 1 is 1.29 bits per heavy atom. The van der Waals surface area contributed by atoms with Gasteiger partial charge in [0.25, 0.3) is 0 Å². The highest BCUT2D eigenvalue weighted by Gasteiger charge is 2.25. The van der Waals surface area contributed by atoms with E-state index in [1.54, 1.807) is 4.90 Å². The van der Waals surface area contributed by atoms with Crippen molar-refractivity contribution >= 4 is 27.4 Å². The maximum atomic E-state index is 13.7. The molecule has 1 aromatic rings. The molecule has 1 aliphatic rings. The second-order valence-corrected chi connectivity index (χ2v) is 6.83. The predicted molar refractivity (Wildman–Crippen MR) is 76.4 cm³/mol. The van der Waals surface area contributed by atoms with Gasteiger partial charge in [-0.15, -0.1) is 0 Å². The van der Waals surface area contributed by atoms with Gasteiger partial charge < -0.3 is 15.7 Å². The summed E-state index contributed by atoms with van der Waals surface area (Å²) in [4.78, 5) is 12.6. The van der Waals surface area contributed by atoms with E-state index in [0.717, 1.165) is 18.4 Å². The first-order chi connectivity index (χ1) is 9.70. The molecule has 1 saturated heterocycles. The summed E-state index contributed by atoms with van der Waals surface area (Å²) in [7, 11) is -3.24. The summed E-state index contributed by atoms with van der Waals surface area (Å²) < 4.78 is 37.9. The largest absolute Gasteiger partial charge is 0.478 e. The number of halogens is 1. The summed E-state index contributed by atoms with van der Waals surface area (Å²) >= 11 is 0. The van der Waals surface area contributed by atoms with Crippen LogP contribution in [-0.2, 0) is 10.0 Å². The molecule has 1 aliphatic heterocycles. The van der Waals surface area contributed by atoms with Crippen molar-refractivity contribution in [2.24, 2.45) is 0 Å². The smallest absolute Gasteiger partial charge is 0.338 e. The number of sulfonamides is 1. The molecule has 21 heavy (non-hydrogen) atoms. The standard InChI is InChI=1S/C12H16FN3O4S/c1-21(19,20)16-4-2-15(3-5-16)11-7-9(13)8(12(17)18)6-10(11)14/h6-7H,2-5,14H2,1H3,(H,17,18). The topological polar surface area (TPSA) is 104 Å². The fraction of sp³-hybridized carbons (Fsp3) is 0.417. The first kappa shape index (κ1) is 15.5. The van der Waals surface area contributed by atoms with E-state index in [1.807, 2.05) is 0 Å². The molecule has 7 nitrogen and oxygen atoms in total. The molecule has 1 fully saturated rings. The molecule has 116 valence electrons. The van der Waals surface area contributed by atoms with E-state index in [2.05, 4.69) is 0 Å². The molecule has 0 aliphatic carbocycles. The van der Waals surface area contributed by atoms with Gasteiger partial charge in [0.15, 0.2) is 0 Å². The zero-order chi connectivity index (χ0) is 15.8. The van der Waals surface area contributed by atoms with E-state index in [1.165, 1.54) is 4.31 Å². The summed E-state index contributed by atoms with van der Waals surface area (Å²) in [5.41, 5.74) is 5.83. The fourth-order valence-electron chi connectivity index (χ4n) is 2.28. The molecule has 0 unspecified atom stereocenters. The van der Waals surface area contributed by atoms with E-state index in [-0.39, 0.29) is 18.8 Å². The SMILES string of the molecule is CS(=O)(=O)N1CCN(c2cc(F)c(C(=O)O)cc2N)CC1. The molecule has 0 bridgehead atoms. The molecule has 1 heterocycles. The van der Waals surface area contributed by atoms with Crippen LogP contribution in [-0.4, -0.2) is 56.2 Å². The van der Waals surface area contributed by atoms with Crippen LogP contribution in [0.15, 0.2) is 12.1 Å². The van der Waals surface area contributed by atoms with Crippen molar-refractivity contribution in [1.29, 1.82) is 0 Å². The Labute approximate surface area is 121 Å². The van der Waals surface area contributed by atoms with Crippen molar-refractivity contribution in [2.45, 2.75) is 0 Å². The zero-order valence-corrected chi connectivity index (χ0v) is 12.2. The number of nitrogens with zero attached hydrogens (tertiary/aromatic N) is 2. The number of hydrogen-bond acceptors (Lipinski definition) is 5. The lowest BCUT2D eigenvalue weighted by Crippen LogP contribution is -2.48. The van der Waals surface area contributed by atoms with Crippen molar-refractivity contribution in [2.75, 3.05) is 43.1 Å². The molecular formula is C12H16FN3O4S. The van der Waals surface area contributed by atoms with Gasteiger partial charge in [0.2, 0.25) is 10.0 Å². The number of rotatable bonds is 3. The van der Waals surface area contributed by atoms with Crippen molar-refractivity contribution < 1.29 is 22.7 Å². The van der Waals surface area contributed by atoms with Gasteiger partial charge in [-0.2, -0.15) is 4.31 Å². The number of carboxylic acid groups (broad SMARTS) is 1. The molecule has 1 aromatic carbocycles. The number of nitrogens with two attached hydrogens (primary N) is 1. The Bertz CT molecular complexity index is 669. The van der Waals surface area contributed by atoms with E-state index in [0.29, 0.717) is 18.8 Å². The number of piperazine rings is 1. The molecule has 9 heteroatoms. The van der Waals surface area contributed by atoms with Crippen LogP contribution in [0.3, 0.4) is 0 Å². The summed E-state index contributed by atoms with van der Waals surface area (Å²) in [5, 5.41) is 8.83. The first-order valence-electron chi connectivity index (χ1n) is 6.22. The third-order valence-electron chi connectivity index (χ3n) is 3.40. The Kier molecular flexibility index (Phi) is 4.06. The van der Waals surface area contributed by atoms with E-state index < -0.39 is 27.4 Å². The summed E-state index contributed by atoms with van der Waals surface area (Å²) in [6.45, 7) is 1.29.